The van der Waals surface area contributed by atoms with E-state index in [0.717, 1.165) is 0 Å². The number of aromatic nitrogens is 2. The molecule has 0 aliphatic carbocycles. The van der Waals surface area contributed by atoms with Crippen LogP contribution >= 0.6 is 11.3 Å². The van der Waals surface area contributed by atoms with Crippen LogP contribution in [0.1, 0.15) is 15.4 Å². The van der Waals surface area contributed by atoms with E-state index in [9.17, 15) is 9.59 Å². The van der Waals surface area contributed by atoms with Gasteiger partial charge in [0.1, 0.15) is 6.54 Å². The van der Waals surface area contributed by atoms with Gasteiger partial charge in [-0.1, -0.05) is 10.7 Å². The molecule has 7 heteroatoms. The first-order valence-corrected chi connectivity index (χ1v) is 5.83. The molecule has 0 aromatic carbocycles. The molecule has 2 rings (SSSR count). The van der Waals surface area contributed by atoms with Gasteiger partial charge in [0.15, 0.2) is 7.05 Å². The number of hydrogen-bond donors (Lipinski definition) is 1. The van der Waals surface area contributed by atoms with Crippen LogP contribution < -0.4 is 10.3 Å². The number of carbonyl (C=O) groups excluding carboxylic acids is 1. The minimum absolute atomic E-state index is 0.111. The SMILES string of the molecule is CN(Cc1c(=O)o[nH][n+]1C)C(=O)c1cccs1. The number of rotatable bonds is 3. The van der Waals surface area contributed by atoms with Crippen LogP contribution in [0.25, 0.3) is 0 Å². The second kappa shape index (κ2) is 4.54. The van der Waals surface area contributed by atoms with Crippen LogP contribution in [0.2, 0.25) is 0 Å². The third-order valence-corrected chi connectivity index (χ3v) is 3.24. The molecule has 0 atom stereocenters. The lowest BCUT2D eigenvalue weighted by Gasteiger charge is -2.12. The van der Waals surface area contributed by atoms with Crippen molar-refractivity contribution in [2.45, 2.75) is 6.54 Å². The maximum atomic E-state index is 11.9. The molecular formula is C10H12N3O3S+. The fraction of sp³-hybridized carbons (Fsp3) is 0.300. The molecule has 0 radical (unpaired) electrons. The van der Waals surface area contributed by atoms with Crippen molar-refractivity contribution in [3.8, 4) is 0 Å². The Kier molecular flexibility index (Phi) is 3.10. The van der Waals surface area contributed by atoms with Crippen molar-refractivity contribution >= 4 is 17.2 Å². The van der Waals surface area contributed by atoms with Crippen LogP contribution in [0, 0.1) is 0 Å². The Morgan fingerprint density at radius 1 is 1.65 bits per heavy atom. The average Bonchev–Trinajstić information content (AvgIpc) is 2.93. The van der Waals surface area contributed by atoms with Crippen LogP contribution in [0.5, 0.6) is 0 Å². The van der Waals surface area contributed by atoms with Crippen molar-refractivity contribution in [2.24, 2.45) is 7.05 Å². The summed E-state index contributed by atoms with van der Waals surface area (Å²) in [5.41, 5.74) is -0.0595. The first-order valence-electron chi connectivity index (χ1n) is 4.95. The molecule has 0 unspecified atom stereocenters. The largest absolute Gasteiger partial charge is 0.431 e. The average molecular weight is 254 g/mol. The molecule has 0 spiro atoms. The van der Waals surface area contributed by atoms with E-state index in [1.165, 1.54) is 20.9 Å². The minimum Gasteiger partial charge on any atom is -0.330 e. The van der Waals surface area contributed by atoms with Crippen molar-refractivity contribution < 1.29 is 14.0 Å². The molecule has 6 nitrogen and oxygen atoms in total. The van der Waals surface area contributed by atoms with Gasteiger partial charge in [-0.2, -0.15) is 0 Å². The summed E-state index contributed by atoms with van der Waals surface area (Å²) in [5, 5.41) is 4.25. The van der Waals surface area contributed by atoms with Gasteiger partial charge >= 0.3 is 11.3 Å². The summed E-state index contributed by atoms with van der Waals surface area (Å²) in [5.74, 6) is -0.111. The number of aromatic amines is 1. The van der Waals surface area contributed by atoms with Crippen molar-refractivity contribution in [1.29, 1.82) is 0 Å². The number of amides is 1. The zero-order valence-electron chi connectivity index (χ0n) is 9.47. The Labute approximate surface area is 101 Å². The molecule has 2 aromatic rings. The Balaban J connectivity index is 2.15. The molecular weight excluding hydrogens is 242 g/mol. The van der Waals surface area contributed by atoms with Crippen LogP contribution in [0.4, 0.5) is 0 Å². The molecule has 1 amide bonds. The van der Waals surface area contributed by atoms with Gasteiger partial charge in [-0.05, 0) is 16.7 Å². The Morgan fingerprint density at radius 2 is 2.41 bits per heavy atom. The van der Waals surface area contributed by atoms with E-state index in [2.05, 4.69) is 9.79 Å². The van der Waals surface area contributed by atoms with E-state index in [0.29, 0.717) is 10.6 Å². The van der Waals surface area contributed by atoms with E-state index in [4.69, 9.17) is 0 Å². The quantitative estimate of drug-likeness (QED) is 0.791. The highest BCUT2D eigenvalue weighted by Gasteiger charge is 2.22. The van der Waals surface area contributed by atoms with E-state index >= 15 is 0 Å². The second-order valence-electron chi connectivity index (χ2n) is 3.63. The lowest BCUT2D eigenvalue weighted by Crippen LogP contribution is -2.40. The molecule has 0 saturated carbocycles. The minimum atomic E-state index is -0.460. The molecule has 2 heterocycles. The number of aryl methyl sites for hydroxylation is 1. The smallest absolute Gasteiger partial charge is 0.330 e. The molecule has 0 aliphatic rings. The van der Waals surface area contributed by atoms with Gasteiger partial charge in [-0.3, -0.25) is 9.32 Å². The first-order chi connectivity index (χ1) is 8.09. The van der Waals surface area contributed by atoms with E-state index in [-0.39, 0.29) is 12.5 Å². The monoisotopic (exact) mass is 254 g/mol. The summed E-state index contributed by atoms with van der Waals surface area (Å²) in [6.07, 6.45) is 0. The van der Waals surface area contributed by atoms with E-state index in [1.54, 1.807) is 20.2 Å². The molecule has 90 valence electrons. The number of H-pyrrole nitrogens is 1. The van der Waals surface area contributed by atoms with Gasteiger partial charge in [0.25, 0.3) is 5.91 Å². The van der Waals surface area contributed by atoms with Gasteiger partial charge in [-0.25, -0.2) is 4.79 Å². The molecule has 0 bridgehead atoms. The van der Waals surface area contributed by atoms with Crippen molar-refractivity contribution in [1.82, 2.24) is 10.2 Å². The van der Waals surface area contributed by atoms with Crippen molar-refractivity contribution in [3.05, 3.63) is 38.5 Å². The van der Waals surface area contributed by atoms with Gasteiger partial charge in [-0.15, -0.1) is 11.3 Å². The highest BCUT2D eigenvalue weighted by molar-refractivity contribution is 7.12. The fourth-order valence-electron chi connectivity index (χ4n) is 1.42. The predicted octanol–water partition coefficient (Wildman–Crippen LogP) is 0.126. The third-order valence-electron chi connectivity index (χ3n) is 2.38. The lowest BCUT2D eigenvalue weighted by atomic mass is 10.3. The van der Waals surface area contributed by atoms with Crippen LogP contribution in [0.15, 0.2) is 26.8 Å². The Bertz CT molecular complexity index is 570. The number of carbonyl (C=O) groups is 1. The topological polar surface area (TPSA) is 70.2 Å². The van der Waals surface area contributed by atoms with Gasteiger partial charge in [0, 0.05) is 7.05 Å². The predicted molar refractivity (Wildman–Crippen MR) is 60.6 cm³/mol. The van der Waals surface area contributed by atoms with Gasteiger partial charge in [0.05, 0.1) is 4.88 Å². The first kappa shape index (κ1) is 11.6. The van der Waals surface area contributed by atoms with Crippen LogP contribution in [0.3, 0.4) is 0 Å². The number of nitrogens with one attached hydrogen (secondary N) is 1. The zero-order chi connectivity index (χ0) is 12.4. The number of thiophene rings is 1. The number of nitrogens with zero attached hydrogens (tertiary/aromatic N) is 2. The second-order valence-corrected chi connectivity index (χ2v) is 4.57. The van der Waals surface area contributed by atoms with Crippen molar-refractivity contribution in [2.75, 3.05) is 7.05 Å². The number of hydrogen-bond acceptors (Lipinski definition) is 4. The summed E-state index contributed by atoms with van der Waals surface area (Å²) >= 11 is 1.37. The lowest BCUT2D eigenvalue weighted by molar-refractivity contribution is -0.746. The normalized spacial score (nSPS) is 10.5. The standard InChI is InChI=1S/C10H11N3O3S/c1-12(9(14)8-4-3-5-17-8)6-7-10(15)16-11-13(7)2/h3-5H,6H2,1-2H3/p+1. The molecule has 1 N–H and O–H groups in total. The summed E-state index contributed by atoms with van der Waals surface area (Å²) in [4.78, 5) is 25.4. The molecule has 0 aliphatic heterocycles. The van der Waals surface area contributed by atoms with Gasteiger partial charge in [0.2, 0.25) is 0 Å². The maximum absolute atomic E-state index is 11.9. The van der Waals surface area contributed by atoms with E-state index in [1.807, 2.05) is 11.4 Å². The molecule has 17 heavy (non-hydrogen) atoms. The summed E-state index contributed by atoms with van der Waals surface area (Å²) in [6.45, 7) is 0.207. The fourth-order valence-corrected chi connectivity index (χ4v) is 2.13. The molecule has 2 aromatic heterocycles. The van der Waals surface area contributed by atoms with Crippen LogP contribution in [-0.2, 0) is 13.6 Å². The molecule has 0 fully saturated rings. The maximum Gasteiger partial charge on any atom is 0.431 e. The van der Waals surface area contributed by atoms with Crippen molar-refractivity contribution in [3.63, 3.8) is 0 Å². The zero-order valence-corrected chi connectivity index (χ0v) is 10.3. The summed E-state index contributed by atoms with van der Waals surface area (Å²) < 4.78 is 6.07. The third kappa shape index (κ3) is 2.28. The van der Waals surface area contributed by atoms with Gasteiger partial charge < -0.3 is 4.90 Å². The Hall–Kier alpha value is -1.89. The van der Waals surface area contributed by atoms with Crippen LogP contribution in [-0.4, -0.2) is 23.1 Å². The Morgan fingerprint density at radius 3 is 2.94 bits per heavy atom. The highest BCUT2D eigenvalue weighted by atomic mass is 32.1. The summed E-state index contributed by atoms with van der Waals surface area (Å²) in [6, 6.07) is 3.57. The summed E-state index contributed by atoms with van der Waals surface area (Å²) in [7, 11) is 3.30. The highest BCUT2D eigenvalue weighted by Crippen LogP contribution is 2.11. The molecule has 0 saturated heterocycles. The van der Waals surface area contributed by atoms with E-state index < -0.39 is 5.63 Å².